The number of benzene rings is 1. The molecule has 8 heteroatoms. The molecular weight excluding hydrogens is 462 g/mol. The summed E-state index contributed by atoms with van der Waals surface area (Å²) in [5.41, 5.74) is 0.245. The SMILES string of the molecule is CC(C)(C)CC(C)(C)NC(=O)C1N(CCO)C(=O)[C@@H]2[C@H](C(=O)Nc3ccccc3)[C@]3(C)CCC12S3. The van der Waals surface area contributed by atoms with Crippen molar-refractivity contribution >= 4 is 35.2 Å². The maximum absolute atomic E-state index is 13.9. The number of anilines is 1. The van der Waals surface area contributed by atoms with Crippen LogP contribution in [0.5, 0.6) is 0 Å². The van der Waals surface area contributed by atoms with Gasteiger partial charge in [0.25, 0.3) is 0 Å². The molecule has 1 aromatic carbocycles. The zero-order valence-corrected chi connectivity index (χ0v) is 22.5. The van der Waals surface area contributed by atoms with Gasteiger partial charge in [-0.25, -0.2) is 0 Å². The van der Waals surface area contributed by atoms with Crippen molar-refractivity contribution in [1.29, 1.82) is 0 Å². The molecule has 3 aliphatic heterocycles. The lowest BCUT2D eigenvalue weighted by Gasteiger charge is -2.38. The average molecular weight is 502 g/mol. The summed E-state index contributed by atoms with van der Waals surface area (Å²) in [7, 11) is 0. The second kappa shape index (κ2) is 8.80. The van der Waals surface area contributed by atoms with Crippen LogP contribution in [0.2, 0.25) is 0 Å². The Morgan fingerprint density at radius 3 is 2.37 bits per heavy atom. The molecule has 1 aromatic rings. The van der Waals surface area contributed by atoms with Gasteiger partial charge < -0.3 is 20.6 Å². The summed E-state index contributed by atoms with van der Waals surface area (Å²) < 4.78 is -1.11. The van der Waals surface area contributed by atoms with Crippen molar-refractivity contribution in [1.82, 2.24) is 10.2 Å². The lowest BCUT2D eigenvalue weighted by molar-refractivity contribution is -0.140. The van der Waals surface area contributed by atoms with Crippen molar-refractivity contribution in [3.63, 3.8) is 0 Å². The molecule has 7 nitrogen and oxygen atoms in total. The van der Waals surface area contributed by atoms with E-state index >= 15 is 0 Å². The normalized spacial score (nSPS) is 32.0. The van der Waals surface area contributed by atoms with Gasteiger partial charge in [0.15, 0.2) is 0 Å². The van der Waals surface area contributed by atoms with E-state index in [9.17, 15) is 19.5 Å². The van der Waals surface area contributed by atoms with Crippen LogP contribution in [-0.2, 0) is 14.4 Å². The minimum absolute atomic E-state index is 0.0164. The van der Waals surface area contributed by atoms with Gasteiger partial charge in [-0.3, -0.25) is 14.4 Å². The molecule has 4 rings (SSSR count). The Balaban J connectivity index is 1.67. The molecule has 0 saturated carbocycles. The van der Waals surface area contributed by atoms with Gasteiger partial charge in [-0.05, 0) is 57.6 Å². The highest BCUT2D eigenvalue weighted by molar-refractivity contribution is 8.02. The van der Waals surface area contributed by atoms with Gasteiger partial charge in [0.05, 0.1) is 23.2 Å². The molecule has 3 saturated heterocycles. The van der Waals surface area contributed by atoms with Crippen molar-refractivity contribution in [2.45, 2.75) is 81.9 Å². The van der Waals surface area contributed by atoms with Gasteiger partial charge in [-0.2, -0.15) is 0 Å². The molecule has 3 fully saturated rings. The lowest BCUT2D eigenvalue weighted by Crippen LogP contribution is -2.58. The minimum atomic E-state index is -0.715. The second-order valence-corrected chi connectivity index (χ2v) is 14.3. The van der Waals surface area contributed by atoms with E-state index in [1.54, 1.807) is 11.8 Å². The highest BCUT2D eigenvalue weighted by atomic mass is 32.2. The largest absolute Gasteiger partial charge is 0.395 e. The molecule has 3 amide bonds. The predicted molar refractivity (Wildman–Crippen MR) is 139 cm³/mol. The molecule has 1 spiro atoms. The Bertz CT molecular complexity index is 1010. The monoisotopic (exact) mass is 501 g/mol. The summed E-state index contributed by atoms with van der Waals surface area (Å²) in [6.45, 7) is 12.3. The van der Waals surface area contributed by atoms with Gasteiger partial charge in [0, 0.05) is 22.5 Å². The van der Waals surface area contributed by atoms with E-state index < -0.39 is 32.9 Å². The van der Waals surface area contributed by atoms with E-state index in [2.05, 4.69) is 38.3 Å². The van der Waals surface area contributed by atoms with Crippen LogP contribution in [0.15, 0.2) is 30.3 Å². The lowest BCUT2D eigenvalue weighted by atomic mass is 9.66. The fraction of sp³-hybridized carbons (Fsp3) is 0.667. The van der Waals surface area contributed by atoms with E-state index in [0.29, 0.717) is 12.1 Å². The fourth-order valence-corrected chi connectivity index (χ4v) is 9.35. The number of nitrogens with one attached hydrogen (secondary N) is 2. The molecule has 0 aromatic heterocycles. The van der Waals surface area contributed by atoms with Crippen LogP contribution < -0.4 is 10.6 Å². The number of β-amino-alcohol motifs (C(OH)–C–C–N with tert-alkyl or cyclic N) is 1. The minimum Gasteiger partial charge on any atom is -0.395 e. The second-order valence-electron chi connectivity index (χ2n) is 12.4. The van der Waals surface area contributed by atoms with Crippen molar-refractivity contribution in [3.05, 3.63) is 30.3 Å². The number of hydrogen-bond acceptors (Lipinski definition) is 5. The zero-order valence-electron chi connectivity index (χ0n) is 21.7. The van der Waals surface area contributed by atoms with E-state index in [-0.39, 0.29) is 36.3 Å². The number of nitrogens with zero attached hydrogens (tertiary/aromatic N) is 1. The summed E-state index contributed by atoms with van der Waals surface area (Å²) in [4.78, 5) is 42.8. The molecule has 3 aliphatic rings. The van der Waals surface area contributed by atoms with E-state index in [1.165, 1.54) is 4.90 Å². The predicted octanol–water partition coefficient (Wildman–Crippen LogP) is 3.43. The quantitative estimate of drug-likeness (QED) is 0.532. The number of amides is 3. The maximum Gasteiger partial charge on any atom is 0.244 e. The third kappa shape index (κ3) is 4.59. The molecule has 5 atom stereocenters. The zero-order chi connectivity index (χ0) is 25.8. The first-order chi connectivity index (χ1) is 16.2. The Morgan fingerprint density at radius 2 is 1.77 bits per heavy atom. The molecule has 0 aliphatic carbocycles. The van der Waals surface area contributed by atoms with Crippen LogP contribution >= 0.6 is 11.8 Å². The number of carbonyl (C=O) groups is 3. The Kier molecular flexibility index (Phi) is 6.54. The number of para-hydroxylation sites is 1. The number of thioether (sulfide) groups is 1. The van der Waals surface area contributed by atoms with Gasteiger partial charge >= 0.3 is 0 Å². The molecular formula is C27H39N3O4S. The van der Waals surface area contributed by atoms with Gasteiger partial charge in [-0.1, -0.05) is 39.0 Å². The molecule has 192 valence electrons. The topological polar surface area (TPSA) is 98.7 Å². The van der Waals surface area contributed by atoms with Crippen LogP contribution in [0.3, 0.4) is 0 Å². The number of likely N-dealkylation sites (tertiary alicyclic amines) is 1. The van der Waals surface area contributed by atoms with E-state index in [0.717, 1.165) is 12.8 Å². The first-order valence-electron chi connectivity index (χ1n) is 12.5. The fourth-order valence-electron chi connectivity index (χ4n) is 6.99. The van der Waals surface area contributed by atoms with Crippen LogP contribution in [0.1, 0.15) is 60.8 Å². The Morgan fingerprint density at radius 1 is 1.11 bits per heavy atom. The standard InChI is InChI=1S/C27H39N3O4S/c1-24(2,3)16-25(4,5)29-22(33)20-27-13-12-26(6,35-27)18(19(27)23(34)30(20)14-15-31)21(32)28-17-10-8-7-9-11-17/h7-11,18-20,31H,12-16H2,1-6H3,(H,28,32)(H,29,33)/t18-,19+,20?,26+,27?/m1/s1. The van der Waals surface area contributed by atoms with Crippen molar-refractivity contribution in [3.8, 4) is 0 Å². The van der Waals surface area contributed by atoms with Crippen molar-refractivity contribution < 1.29 is 19.5 Å². The maximum atomic E-state index is 13.9. The number of carbonyl (C=O) groups excluding carboxylic acids is 3. The summed E-state index contributed by atoms with van der Waals surface area (Å²) >= 11 is 1.64. The van der Waals surface area contributed by atoms with Gasteiger partial charge in [-0.15, -0.1) is 11.8 Å². The Hall–Kier alpha value is -2.06. The molecule has 3 heterocycles. The number of fused-ring (bicyclic) bond motifs is 1. The molecule has 2 unspecified atom stereocenters. The number of aliphatic hydroxyl groups is 1. The van der Waals surface area contributed by atoms with Crippen molar-refractivity contribution in [2.75, 3.05) is 18.5 Å². The third-order valence-electron chi connectivity index (χ3n) is 7.62. The number of hydrogen-bond donors (Lipinski definition) is 3. The van der Waals surface area contributed by atoms with Crippen molar-refractivity contribution in [2.24, 2.45) is 17.3 Å². The summed E-state index contributed by atoms with van der Waals surface area (Å²) in [6, 6.07) is 8.55. The van der Waals surface area contributed by atoms with E-state index in [1.807, 2.05) is 44.2 Å². The highest BCUT2D eigenvalue weighted by Gasteiger charge is 2.77. The summed E-state index contributed by atoms with van der Waals surface area (Å²) in [5.74, 6) is -1.70. The molecule has 3 N–H and O–H groups in total. The molecule has 2 bridgehead atoms. The molecule has 0 radical (unpaired) electrons. The Labute approximate surface area is 212 Å². The smallest absolute Gasteiger partial charge is 0.244 e. The third-order valence-corrected chi connectivity index (χ3v) is 9.61. The summed E-state index contributed by atoms with van der Waals surface area (Å²) in [5, 5.41) is 16.0. The summed E-state index contributed by atoms with van der Waals surface area (Å²) in [6.07, 6.45) is 2.23. The number of rotatable bonds is 7. The number of aliphatic hydroxyl groups excluding tert-OH is 1. The highest BCUT2D eigenvalue weighted by Crippen LogP contribution is 2.71. The van der Waals surface area contributed by atoms with Crippen LogP contribution in [0.25, 0.3) is 0 Å². The first kappa shape index (κ1) is 26.0. The van der Waals surface area contributed by atoms with E-state index in [4.69, 9.17) is 0 Å². The first-order valence-corrected chi connectivity index (χ1v) is 13.3. The van der Waals surface area contributed by atoms with Crippen LogP contribution in [0, 0.1) is 17.3 Å². The molecule has 35 heavy (non-hydrogen) atoms. The van der Waals surface area contributed by atoms with Gasteiger partial charge in [0.1, 0.15) is 6.04 Å². The van der Waals surface area contributed by atoms with Crippen LogP contribution in [-0.4, -0.2) is 62.0 Å². The van der Waals surface area contributed by atoms with Crippen LogP contribution in [0.4, 0.5) is 5.69 Å². The average Bonchev–Trinajstić information content (AvgIpc) is 3.28. The van der Waals surface area contributed by atoms with Gasteiger partial charge in [0.2, 0.25) is 17.7 Å².